The lowest BCUT2D eigenvalue weighted by atomic mass is 10.0. The smallest absolute Gasteiger partial charge is 0.304 e. The van der Waals surface area contributed by atoms with E-state index < -0.39 is 15.8 Å². The summed E-state index contributed by atoms with van der Waals surface area (Å²) in [4.78, 5) is 19.1. The van der Waals surface area contributed by atoms with Crippen molar-refractivity contribution < 1.29 is 18.3 Å². The minimum Gasteiger partial charge on any atom is -0.481 e. The fourth-order valence-corrected chi connectivity index (χ4v) is 5.58. The first-order valence-electron chi connectivity index (χ1n) is 7.74. The van der Waals surface area contributed by atoms with Crippen molar-refractivity contribution in [3.63, 3.8) is 0 Å². The molecule has 2 saturated heterocycles. The number of pyridine rings is 1. The molecule has 126 valence electrons. The number of rotatable bonds is 5. The number of aromatic nitrogens is 1. The summed E-state index contributed by atoms with van der Waals surface area (Å²) in [7, 11) is -3.07. The van der Waals surface area contributed by atoms with Crippen LogP contribution in [0.25, 0.3) is 0 Å². The molecule has 2 fully saturated rings. The Kier molecular flexibility index (Phi) is 4.65. The third-order valence-electron chi connectivity index (χ3n) is 4.65. The number of hydrogen-bond acceptors (Lipinski definition) is 6. The van der Waals surface area contributed by atoms with Crippen LogP contribution in [0.1, 0.15) is 12.0 Å². The predicted octanol–water partition coefficient (Wildman–Crippen LogP) is -0.160. The molecule has 0 spiro atoms. The molecule has 3 heterocycles. The van der Waals surface area contributed by atoms with Crippen LogP contribution in [0.15, 0.2) is 24.5 Å². The highest BCUT2D eigenvalue weighted by Crippen LogP contribution is 2.28. The maximum Gasteiger partial charge on any atom is 0.304 e. The molecule has 1 N–H and O–H groups in total. The second kappa shape index (κ2) is 6.54. The van der Waals surface area contributed by atoms with E-state index in [0.29, 0.717) is 19.6 Å². The largest absolute Gasteiger partial charge is 0.481 e. The molecule has 1 aromatic heterocycles. The number of fused-ring (bicyclic) bond motifs is 1. The summed E-state index contributed by atoms with van der Waals surface area (Å²) >= 11 is 0. The summed E-state index contributed by atoms with van der Waals surface area (Å²) < 4.78 is 24.2. The molecule has 2 aliphatic rings. The van der Waals surface area contributed by atoms with E-state index in [-0.39, 0.29) is 30.0 Å². The average Bonchev–Trinajstić information content (AvgIpc) is 2.83. The van der Waals surface area contributed by atoms with Crippen molar-refractivity contribution in [1.82, 2.24) is 14.8 Å². The summed E-state index contributed by atoms with van der Waals surface area (Å²) in [6.45, 7) is 2.56. The Bertz CT molecular complexity index is 665. The van der Waals surface area contributed by atoms with Gasteiger partial charge >= 0.3 is 5.97 Å². The molecule has 3 rings (SSSR count). The van der Waals surface area contributed by atoms with Crippen LogP contribution in [0.5, 0.6) is 0 Å². The molecular weight excluding hydrogens is 318 g/mol. The normalized spacial score (nSPS) is 27.7. The molecule has 7 nitrogen and oxygen atoms in total. The number of sulfone groups is 1. The van der Waals surface area contributed by atoms with E-state index in [1.54, 1.807) is 12.4 Å². The average molecular weight is 339 g/mol. The molecule has 0 aliphatic carbocycles. The Balaban J connectivity index is 1.74. The Hall–Kier alpha value is -1.51. The first-order valence-corrected chi connectivity index (χ1v) is 9.56. The highest BCUT2D eigenvalue weighted by Gasteiger charge is 2.46. The number of piperazine rings is 1. The maximum absolute atomic E-state index is 12.1. The molecule has 1 aromatic rings. The topological polar surface area (TPSA) is 90.8 Å². The summed E-state index contributed by atoms with van der Waals surface area (Å²) in [5, 5.41) is 8.87. The SMILES string of the molecule is O=C(O)CCN1CCN(Cc2ccncc2)[C@H]2CS(=O)(=O)C[C@H]21. The third kappa shape index (κ3) is 3.88. The zero-order valence-corrected chi connectivity index (χ0v) is 13.7. The molecular formula is C15H21N3O4S. The number of carboxylic acids is 1. The monoisotopic (exact) mass is 339 g/mol. The van der Waals surface area contributed by atoms with Crippen LogP contribution in [0, 0.1) is 0 Å². The van der Waals surface area contributed by atoms with Crippen LogP contribution in [0.4, 0.5) is 0 Å². The van der Waals surface area contributed by atoms with E-state index in [9.17, 15) is 13.2 Å². The van der Waals surface area contributed by atoms with Crippen molar-refractivity contribution in [1.29, 1.82) is 0 Å². The van der Waals surface area contributed by atoms with Gasteiger partial charge in [0.15, 0.2) is 9.84 Å². The second-order valence-corrected chi connectivity index (χ2v) is 8.37. The lowest BCUT2D eigenvalue weighted by Gasteiger charge is -2.43. The number of carbonyl (C=O) groups is 1. The minimum absolute atomic E-state index is 0.0492. The van der Waals surface area contributed by atoms with Crippen LogP contribution in [-0.4, -0.2) is 77.5 Å². The predicted molar refractivity (Wildman–Crippen MR) is 84.7 cm³/mol. The Morgan fingerprint density at radius 3 is 2.43 bits per heavy atom. The molecule has 8 heteroatoms. The van der Waals surface area contributed by atoms with E-state index in [0.717, 1.165) is 12.1 Å². The van der Waals surface area contributed by atoms with E-state index in [4.69, 9.17) is 5.11 Å². The van der Waals surface area contributed by atoms with Crippen molar-refractivity contribution in [2.45, 2.75) is 25.0 Å². The molecule has 23 heavy (non-hydrogen) atoms. The van der Waals surface area contributed by atoms with Gasteiger partial charge in [-0.3, -0.25) is 19.6 Å². The Morgan fingerprint density at radius 1 is 1.17 bits per heavy atom. The van der Waals surface area contributed by atoms with Gasteiger partial charge in [-0.05, 0) is 17.7 Å². The lowest BCUT2D eigenvalue weighted by Crippen LogP contribution is -2.58. The van der Waals surface area contributed by atoms with Crippen LogP contribution in [-0.2, 0) is 21.2 Å². The van der Waals surface area contributed by atoms with Gasteiger partial charge < -0.3 is 5.11 Å². The van der Waals surface area contributed by atoms with Gasteiger partial charge in [0.25, 0.3) is 0 Å². The standard InChI is InChI=1S/C15H21N3O4S/c19-15(20)3-6-17-7-8-18(9-12-1-4-16-5-2-12)14-11-23(21,22)10-13(14)17/h1-2,4-5,13-14H,3,6-11H2,(H,19,20)/t13-,14+/m1/s1. The zero-order chi connectivity index (χ0) is 16.4. The van der Waals surface area contributed by atoms with Crippen LogP contribution < -0.4 is 0 Å². The van der Waals surface area contributed by atoms with Crippen LogP contribution in [0.2, 0.25) is 0 Å². The van der Waals surface area contributed by atoms with Crippen molar-refractivity contribution >= 4 is 15.8 Å². The van der Waals surface area contributed by atoms with E-state index in [1.807, 2.05) is 17.0 Å². The fraction of sp³-hybridized carbons (Fsp3) is 0.600. The number of aliphatic carboxylic acids is 1. The van der Waals surface area contributed by atoms with E-state index in [2.05, 4.69) is 9.88 Å². The van der Waals surface area contributed by atoms with Crippen molar-refractivity contribution in [2.24, 2.45) is 0 Å². The van der Waals surface area contributed by atoms with Crippen LogP contribution >= 0.6 is 0 Å². The van der Waals surface area contributed by atoms with Crippen molar-refractivity contribution in [2.75, 3.05) is 31.1 Å². The molecule has 2 atom stereocenters. The quantitative estimate of drug-likeness (QED) is 0.797. The first kappa shape index (κ1) is 16.4. The number of nitrogens with zero attached hydrogens (tertiary/aromatic N) is 3. The van der Waals surface area contributed by atoms with Gasteiger partial charge in [-0.25, -0.2) is 8.42 Å². The van der Waals surface area contributed by atoms with Crippen molar-refractivity contribution in [3.05, 3.63) is 30.1 Å². The van der Waals surface area contributed by atoms with E-state index >= 15 is 0 Å². The van der Waals surface area contributed by atoms with Gasteiger partial charge in [-0.1, -0.05) is 0 Å². The lowest BCUT2D eigenvalue weighted by molar-refractivity contribution is -0.137. The Morgan fingerprint density at radius 2 is 1.78 bits per heavy atom. The molecule has 0 amide bonds. The molecule has 0 unspecified atom stereocenters. The summed E-state index contributed by atoms with van der Waals surface area (Å²) in [5.74, 6) is -0.558. The fourth-order valence-electron chi connectivity index (χ4n) is 3.53. The number of carboxylic acid groups (broad SMARTS) is 1. The Labute approximate surface area is 135 Å². The maximum atomic E-state index is 12.1. The van der Waals surface area contributed by atoms with Gasteiger partial charge in [0.2, 0.25) is 0 Å². The highest BCUT2D eigenvalue weighted by molar-refractivity contribution is 7.91. The summed E-state index contributed by atoms with van der Waals surface area (Å²) in [5.41, 5.74) is 1.11. The molecule has 0 saturated carbocycles. The van der Waals surface area contributed by atoms with Gasteiger partial charge in [-0.2, -0.15) is 0 Å². The minimum atomic E-state index is -3.07. The molecule has 0 aromatic carbocycles. The number of hydrogen-bond donors (Lipinski definition) is 1. The molecule has 0 bridgehead atoms. The summed E-state index contributed by atoms with van der Waals surface area (Å²) in [6.07, 6.45) is 3.52. The van der Waals surface area contributed by atoms with Crippen LogP contribution in [0.3, 0.4) is 0 Å². The molecule has 0 radical (unpaired) electrons. The molecule has 2 aliphatic heterocycles. The zero-order valence-electron chi connectivity index (χ0n) is 12.8. The van der Waals surface area contributed by atoms with Crippen molar-refractivity contribution in [3.8, 4) is 0 Å². The van der Waals surface area contributed by atoms with E-state index in [1.165, 1.54) is 0 Å². The van der Waals surface area contributed by atoms with Gasteiger partial charge in [0, 0.05) is 50.7 Å². The first-order chi connectivity index (χ1) is 10.9. The second-order valence-electron chi connectivity index (χ2n) is 6.22. The van der Waals surface area contributed by atoms with Gasteiger partial charge in [0.05, 0.1) is 17.9 Å². The highest BCUT2D eigenvalue weighted by atomic mass is 32.2. The third-order valence-corrected chi connectivity index (χ3v) is 6.35. The van der Waals surface area contributed by atoms with Gasteiger partial charge in [0.1, 0.15) is 0 Å². The van der Waals surface area contributed by atoms with Gasteiger partial charge in [-0.15, -0.1) is 0 Å². The summed E-state index contributed by atoms with van der Waals surface area (Å²) in [6, 6.07) is 3.72.